The Hall–Kier alpha value is -2.17. The smallest absolute Gasteiger partial charge is 0.338 e. The summed E-state index contributed by atoms with van der Waals surface area (Å²) in [5.74, 6) is 1.04. The monoisotopic (exact) mass is 447 g/mol. The highest BCUT2D eigenvalue weighted by molar-refractivity contribution is 5.89. The Morgan fingerprint density at radius 3 is 1.88 bits per heavy atom. The summed E-state index contributed by atoms with van der Waals surface area (Å²) in [7, 11) is 0. The van der Waals surface area contributed by atoms with Crippen LogP contribution in [-0.4, -0.2) is 23.2 Å². The lowest BCUT2D eigenvalue weighted by Crippen LogP contribution is -2.52. The number of esters is 1. The molecule has 3 aliphatic rings. The van der Waals surface area contributed by atoms with Crippen LogP contribution in [0.4, 0.5) is 0 Å². The van der Waals surface area contributed by atoms with Crippen molar-refractivity contribution in [3.63, 3.8) is 0 Å². The largest absolute Gasteiger partial charge is 0.456 e. The third-order valence-corrected chi connectivity index (χ3v) is 8.32. The van der Waals surface area contributed by atoms with Crippen LogP contribution in [-0.2, 0) is 20.7 Å². The highest BCUT2D eigenvalue weighted by Gasteiger charge is 2.52. The van der Waals surface area contributed by atoms with E-state index in [-0.39, 0.29) is 29.3 Å². The number of nitrogens with zero attached hydrogens (tertiary/aromatic N) is 1. The van der Waals surface area contributed by atoms with Crippen LogP contribution in [0.5, 0.6) is 0 Å². The molecule has 33 heavy (non-hydrogen) atoms. The maximum absolute atomic E-state index is 13.0. The van der Waals surface area contributed by atoms with Crippen LogP contribution in [0.25, 0.3) is 0 Å². The van der Waals surface area contributed by atoms with Gasteiger partial charge in [-0.05, 0) is 75.6 Å². The van der Waals surface area contributed by atoms with Crippen LogP contribution in [0.2, 0.25) is 0 Å². The first-order chi connectivity index (χ1) is 15.8. The van der Waals surface area contributed by atoms with Gasteiger partial charge in [0.25, 0.3) is 0 Å². The molecule has 0 saturated heterocycles. The Kier molecular flexibility index (Phi) is 5.86. The van der Waals surface area contributed by atoms with Gasteiger partial charge in [-0.15, -0.1) is 0 Å². The van der Waals surface area contributed by atoms with Crippen molar-refractivity contribution in [1.29, 1.82) is 0 Å². The summed E-state index contributed by atoms with van der Waals surface area (Å²) >= 11 is 0. The van der Waals surface area contributed by atoms with Gasteiger partial charge in [0.2, 0.25) is 0 Å². The van der Waals surface area contributed by atoms with Crippen molar-refractivity contribution in [1.82, 2.24) is 5.06 Å². The van der Waals surface area contributed by atoms with Gasteiger partial charge >= 0.3 is 5.97 Å². The molecule has 0 radical (unpaired) electrons. The van der Waals surface area contributed by atoms with E-state index < -0.39 is 0 Å². The number of carbonyl (C=O) groups excluding carboxylic acids is 1. The van der Waals surface area contributed by atoms with Gasteiger partial charge in [0.1, 0.15) is 12.2 Å². The van der Waals surface area contributed by atoms with Gasteiger partial charge in [-0.2, -0.15) is 5.06 Å². The van der Waals surface area contributed by atoms with E-state index in [1.165, 1.54) is 36.8 Å². The summed E-state index contributed by atoms with van der Waals surface area (Å²) in [5.41, 5.74) is 2.68. The lowest BCUT2D eigenvalue weighted by molar-refractivity contribution is -0.310. The van der Waals surface area contributed by atoms with Crippen molar-refractivity contribution in [3.8, 4) is 0 Å². The van der Waals surface area contributed by atoms with Gasteiger partial charge in [-0.25, -0.2) is 4.79 Å². The van der Waals surface area contributed by atoms with E-state index in [1.807, 2.05) is 30.3 Å². The molecule has 1 heterocycles. The van der Waals surface area contributed by atoms with Crippen molar-refractivity contribution >= 4 is 5.97 Å². The Morgan fingerprint density at radius 2 is 1.30 bits per heavy atom. The SMILES string of the molecule is CC1(C)c2ccccc2C(C)(C)N1O[C@@H]1C[C@@H]2CCCC[C@H]2C[C@H]1OC(=O)c1ccccc1. The number of fused-ring (bicyclic) bond motifs is 2. The molecule has 0 bridgehead atoms. The topological polar surface area (TPSA) is 38.8 Å². The first-order valence-corrected chi connectivity index (χ1v) is 12.6. The quantitative estimate of drug-likeness (QED) is 0.495. The Labute approximate surface area is 198 Å². The van der Waals surface area contributed by atoms with E-state index >= 15 is 0 Å². The molecule has 2 aliphatic carbocycles. The molecule has 0 unspecified atom stereocenters. The van der Waals surface area contributed by atoms with Crippen LogP contribution in [0, 0.1) is 11.8 Å². The maximum Gasteiger partial charge on any atom is 0.338 e. The van der Waals surface area contributed by atoms with Crippen LogP contribution >= 0.6 is 0 Å². The molecule has 0 aromatic heterocycles. The number of carbonyl (C=O) groups is 1. The zero-order chi connectivity index (χ0) is 23.2. The normalized spacial score (nSPS) is 30.3. The predicted molar refractivity (Wildman–Crippen MR) is 130 cm³/mol. The highest BCUT2D eigenvalue weighted by Crippen LogP contribution is 2.51. The maximum atomic E-state index is 13.0. The fraction of sp³-hybridized carbons (Fsp3) is 0.552. The first kappa shape index (κ1) is 22.6. The minimum atomic E-state index is -0.266. The fourth-order valence-electron chi connectivity index (χ4n) is 6.69. The molecule has 4 atom stereocenters. The van der Waals surface area contributed by atoms with Crippen molar-refractivity contribution < 1.29 is 14.4 Å². The van der Waals surface area contributed by atoms with E-state index in [0.29, 0.717) is 17.4 Å². The summed E-state index contributed by atoms with van der Waals surface area (Å²) in [6.45, 7) is 8.94. The number of ether oxygens (including phenoxy) is 1. The molecule has 1 aliphatic heterocycles. The summed E-state index contributed by atoms with van der Waals surface area (Å²) < 4.78 is 6.17. The number of hydrogen-bond donors (Lipinski definition) is 0. The van der Waals surface area contributed by atoms with E-state index in [2.05, 4.69) is 57.0 Å². The molecule has 2 aromatic carbocycles. The molecule has 0 spiro atoms. The Morgan fingerprint density at radius 1 is 0.788 bits per heavy atom. The average molecular weight is 448 g/mol. The third-order valence-electron chi connectivity index (χ3n) is 8.32. The second-order valence-electron chi connectivity index (χ2n) is 11.2. The summed E-state index contributed by atoms with van der Waals surface area (Å²) in [6.07, 6.45) is 6.57. The average Bonchev–Trinajstić information content (AvgIpc) is 2.97. The molecular formula is C29H37NO3. The van der Waals surface area contributed by atoms with Gasteiger partial charge < -0.3 is 4.74 Å². The molecule has 0 amide bonds. The summed E-state index contributed by atoms with van der Waals surface area (Å²) in [6, 6.07) is 18.0. The second-order valence-corrected chi connectivity index (χ2v) is 11.2. The lowest BCUT2D eigenvalue weighted by atomic mass is 9.69. The number of hydrogen-bond acceptors (Lipinski definition) is 4. The molecule has 4 heteroatoms. The van der Waals surface area contributed by atoms with E-state index in [1.54, 1.807) is 0 Å². The van der Waals surface area contributed by atoms with Crippen LogP contribution in [0.15, 0.2) is 54.6 Å². The van der Waals surface area contributed by atoms with Gasteiger partial charge in [-0.1, -0.05) is 68.1 Å². The predicted octanol–water partition coefficient (Wildman–Crippen LogP) is 6.60. The molecule has 176 valence electrons. The molecule has 4 nitrogen and oxygen atoms in total. The second kappa shape index (κ2) is 8.56. The van der Waals surface area contributed by atoms with Gasteiger partial charge in [0.05, 0.1) is 16.6 Å². The number of hydroxylamine groups is 2. The minimum Gasteiger partial charge on any atom is -0.456 e. The van der Waals surface area contributed by atoms with Gasteiger partial charge in [0, 0.05) is 0 Å². The molecular weight excluding hydrogens is 410 g/mol. The number of rotatable bonds is 4. The minimum absolute atomic E-state index is 0.134. The van der Waals surface area contributed by atoms with E-state index in [9.17, 15) is 4.79 Å². The zero-order valence-electron chi connectivity index (χ0n) is 20.4. The summed E-state index contributed by atoms with van der Waals surface area (Å²) in [5, 5.41) is 2.18. The van der Waals surface area contributed by atoms with Crippen LogP contribution in [0.1, 0.15) is 87.7 Å². The van der Waals surface area contributed by atoms with Crippen molar-refractivity contribution in [3.05, 3.63) is 71.3 Å². The molecule has 5 rings (SSSR count). The van der Waals surface area contributed by atoms with Crippen LogP contribution < -0.4 is 0 Å². The Balaban J connectivity index is 1.42. The van der Waals surface area contributed by atoms with Crippen LogP contribution in [0.3, 0.4) is 0 Å². The van der Waals surface area contributed by atoms with Crippen molar-refractivity contribution in [2.75, 3.05) is 0 Å². The molecule has 2 saturated carbocycles. The van der Waals surface area contributed by atoms with Gasteiger partial charge in [-0.3, -0.25) is 4.84 Å². The lowest BCUT2D eigenvalue weighted by Gasteiger charge is -2.47. The standard InChI is InChI=1S/C29H37NO3/c1-28(2)23-16-10-11-17-24(23)29(3,4)30(28)33-26-19-22-15-9-8-14-21(22)18-25(26)32-27(31)20-12-6-5-7-13-20/h5-7,10-13,16-17,21-22,25-26H,8-9,14-15,18-19H2,1-4H3/t21-,22-,25+,26+/m0/s1. The molecule has 2 aromatic rings. The molecule has 0 N–H and O–H groups in total. The van der Waals surface area contributed by atoms with E-state index in [4.69, 9.17) is 9.57 Å². The third kappa shape index (κ3) is 4.02. The van der Waals surface area contributed by atoms with Crippen molar-refractivity contribution in [2.24, 2.45) is 11.8 Å². The first-order valence-electron chi connectivity index (χ1n) is 12.6. The van der Waals surface area contributed by atoms with Gasteiger partial charge in [0.15, 0.2) is 0 Å². The van der Waals surface area contributed by atoms with E-state index in [0.717, 1.165) is 12.8 Å². The highest BCUT2D eigenvalue weighted by atomic mass is 16.7. The van der Waals surface area contributed by atoms with Crippen molar-refractivity contribution in [2.45, 2.75) is 89.5 Å². The summed E-state index contributed by atoms with van der Waals surface area (Å²) in [4.78, 5) is 19.9. The zero-order valence-corrected chi connectivity index (χ0v) is 20.4. The Bertz CT molecular complexity index is 964. The molecule has 2 fully saturated rings. The fourth-order valence-corrected chi connectivity index (χ4v) is 6.69. The number of benzene rings is 2.